The molecule has 0 amide bonds. The van der Waals surface area contributed by atoms with E-state index in [-0.39, 0.29) is 0 Å². The van der Waals surface area contributed by atoms with E-state index in [1.165, 1.54) is 76.8 Å². The van der Waals surface area contributed by atoms with E-state index in [0.717, 1.165) is 39.3 Å². The van der Waals surface area contributed by atoms with Crippen LogP contribution in [0.2, 0.25) is 0 Å². The minimum atomic E-state index is 1.07. The number of hydrogen-bond acceptors (Lipinski definition) is 1. The van der Waals surface area contributed by atoms with Crippen LogP contribution in [0.1, 0.15) is 0 Å². The summed E-state index contributed by atoms with van der Waals surface area (Å²) in [5.41, 5.74) is 17.5. The number of hydrogen-bond donors (Lipinski definition) is 0. The van der Waals surface area contributed by atoms with Crippen LogP contribution in [0.25, 0.3) is 99.1 Å². The normalized spacial score (nSPS) is 11.3. The molecule has 0 aliphatic heterocycles. The van der Waals surface area contributed by atoms with Gasteiger partial charge >= 0.3 is 0 Å². The highest BCUT2D eigenvalue weighted by molar-refractivity contribution is 6.14. The Bertz CT molecular complexity index is 3640. The zero-order chi connectivity index (χ0) is 44.5. The average molecular weight is 852 g/mol. The van der Waals surface area contributed by atoms with E-state index in [1.807, 2.05) is 0 Å². The van der Waals surface area contributed by atoms with Crippen molar-refractivity contribution in [1.29, 1.82) is 0 Å². The summed E-state index contributed by atoms with van der Waals surface area (Å²) in [5.74, 6) is 0. The summed E-state index contributed by atoms with van der Waals surface area (Å²) in [7, 11) is 0. The van der Waals surface area contributed by atoms with Gasteiger partial charge in [-0.25, -0.2) is 0 Å². The van der Waals surface area contributed by atoms with Crippen LogP contribution in [0, 0.1) is 0 Å². The Labute approximate surface area is 392 Å². The molecule has 12 aromatic rings. The van der Waals surface area contributed by atoms with Crippen LogP contribution in [-0.2, 0) is 0 Å². The van der Waals surface area contributed by atoms with Gasteiger partial charge in [0, 0.05) is 16.9 Å². The molecule has 0 atom stereocenters. The van der Waals surface area contributed by atoms with Crippen molar-refractivity contribution in [3.63, 3.8) is 0 Å². The molecule has 0 aromatic heterocycles. The first-order valence-electron chi connectivity index (χ1n) is 23.1. The maximum Gasteiger partial charge on any atom is 0.0546 e. The van der Waals surface area contributed by atoms with Gasteiger partial charge in [0.1, 0.15) is 0 Å². The molecule has 1 heteroatoms. The molecule has 314 valence electrons. The number of benzene rings is 12. The molecular weight excluding hydrogens is 807 g/mol. The van der Waals surface area contributed by atoms with Crippen molar-refractivity contribution in [2.24, 2.45) is 0 Å². The van der Waals surface area contributed by atoms with Gasteiger partial charge in [0.15, 0.2) is 0 Å². The van der Waals surface area contributed by atoms with E-state index in [1.54, 1.807) is 0 Å². The first-order chi connectivity index (χ1) is 33.2. The largest absolute Gasteiger partial charge is 0.310 e. The lowest BCUT2D eigenvalue weighted by Crippen LogP contribution is -2.11. The SMILES string of the molecule is c1ccc(-c2cc(-c3ccccc3)cc(-c3ccc(N(c4ccc(-c5cccc6ccccc56)cc4)c4cc(-c5cc6ccccc6c6ccccc56)ccc4-c4ccccc4)cc3)c2)cc1. The van der Waals surface area contributed by atoms with E-state index in [9.17, 15) is 0 Å². The van der Waals surface area contributed by atoms with Crippen LogP contribution in [-0.4, -0.2) is 0 Å². The third-order valence-electron chi connectivity index (χ3n) is 13.2. The summed E-state index contributed by atoms with van der Waals surface area (Å²) in [6.07, 6.45) is 0. The molecule has 0 unspecified atom stereocenters. The van der Waals surface area contributed by atoms with Crippen LogP contribution in [0.15, 0.2) is 273 Å². The molecule has 1 nitrogen and oxygen atoms in total. The number of anilines is 3. The Morgan fingerprint density at radius 1 is 0.194 bits per heavy atom. The fourth-order valence-corrected chi connectivity index (χ4v) is 9.93. The second-order valence-corrected chi connectivity index (χ2v) is 17.3. The Balaban J connectivity index is 1.05. The molecule has 67 heavy (non-hydrogen) atoms. The molecule has 0 aliphatic carbocycles. The number of nitrogens with zero attached hydrogens (tertiary/aromatic N) is 1. The molecule has 0 spiro atoms. The van der Waals surface area contributed by atoms with Gasteiger partial charge in [-0.3, -0.25) is 0 Å². The smallest absolute Gasteiger partial charge is 0.0546 e. The minimum absolute atomic E-state index is 1.07. The second-order valence-electron chi connectivity index (χ2n) is 17.3. The van der Waals surface area contributed by atoms with Crippen LogP contribution >= 0.6 is 0 Å². The van der Waals surface area contributed by atoms with Gasteiger partial charge in [0.25, 0.3) is 0 Å². The Hall–Kier alpha value is -8.78. The maximum absolute atomic E-state index is 2.45. The molecule has 12 rings (SSSR count). The molecule has 0 bridgehead atoms. The third kappa shape index (κ3) is 7.63. The van der Waals surface area contributed by atoms with Gasteiger partial charge < -0.3 is 4.90 Å². The molecule has 0 radical (unpaired) electrons. The van der Waals surface area contributed by atoms with Crippen LogP contribution in [0.4, 0.5) is 17.1 Å². The van der Waals surface area contributed by atoms with E-state index in [2.05, 4.69) is 278 Å². The molecular formula is C66H45N. The Kier molecular flexibility index (Phi) is 10.3. The summed E-state index contributed by atoms with van der Waals surface area (Å²) in [5, 5.41) is 7.48. The van der Waals surface area contributed by atoms with Crippen molar-refractivity contribution in [2.75, 3.05) is 4.90 Å². The first kappa shape index (κ1) is 39.8. The van der Waals surface area contributed by atoms with E-state index in [0.29, 0.717) is 0 Å². The molecule has 0 heterocycles. The topological polar surface area (TPSA) is 3.24 Å². The standard InChI is InChI=1S/C66H45N/c1-4-17-46(18-5-1)54-41-55(47-19-6-2-7-20-47)43-56(42-54)48-31-36-57(37-32-48)67(58-38-33-51(34-39-58)60-30-16-25-49-23-10-12-26-59(49)60)66-45-53(35-40-62(66)50-21-8-3-9-22-50)65-44-52-24-11-13-27-61(52)63-28-14-15-29-64(63)65/h1-45H. The van der Waals surface area contributed by atoms with Crippen molar-refractivity contribution in [3.05, 3.63) is 273 Å². The van der Waals surface area contributed by atoms with Crippen molar-refractivity contribution in [3.8, 4) is 66.8 Å². The summed E-state index contributed by atoms with van der Waals surface area (Å²) >= 11 is 0. The lowest BCUT2D eigenvalue weighted by Gasteiger charge is -2.29. The fraction of sp³-hybridized carbons (Fsp3) is 0. The van der Waals surface area contributed by atoms with Crippen molar-refractivity contribution in [2.45, 2.75) is 0 Å². The van der Waals surface area contributed by atoms with Crippen LogP contribution in [0.5, 0.6) is 0 Å². The molecule has 0 aliphatic rings. The number of rotatable bonds is 9. The summed E-state index contributed by atoms with van der Waals surface area (Å²) in [4.78, 5) is 2.45. The molecule has 0 N–H and O–H groups in total. The zero-order valence-electron chi connectivity index (χ0n) is 36.9. The predicted octanol–water partition coefficient (Wildman–Crippen LogP) is 18.6. The highest BCUT2D eigenvalue weighted by Gasteiger charge is 2.21. The van der Waals surface area contributed by atoms with Gasteiger partial charge in [-0.15, -0.1) is 0 Å². The maximum atomic E-state index is 2.45. The van der Waals surface area contributed by atoms with Gasteiger partial charge in [0.2, 0.25) is 0 Å². The Morgan fingerprint density at radius 2 is 0.627 bits per heavy atom. The van der Waals surface area contributed by atoms with Crippen molar-refractivity contribution >= 4 is 49.4 Å². The minimum Gasteiger partial charge on any atom is -0.310 e. The van der Waals surface area contributed by atoms with E-state index < -0.39 is 0 Å². The van der Waals surface area contributed by atoms with Gasteiger partial charge in [-0.1, -0.05) is 218 Å². The number of fused-ring (bicyclic) bond motifs is 4. The summed E-state index contributed by atoms with van der Waals surface area (Å²) < 4.78 is 0. The Morgan fingerprint density at radius 3 is 1.24 bits per heavy atom. The van der Waals surface area contributed by atoms with Crippen molar-refractivity contribution in [1.82, 2.24) is 0 Å². The van der Waals surface area contributed by atoms with Gasteiger partial charge in [0.05, 0.1) is 5.69 Å². The zero-order valence-corrected chi connectivity index (χ0v) is 36.9. The fourth-order valence-electron chi connectivity index (χ4n) is 9.93. The highest BCUT2D eigenvalue weighted by Crippen LogP contribution is 2.46. The highest BCUT2D eigenvalue weighted by atomic mass is 15.1. The van der Waals surface area contributed by atoms with E-state index in [4.69, 9.17) is 0 Å². The predicted molar refractivity (Wildman–Crippen MR) is 286 cm³/mol. The molecule has 0 saturated carbocycles. The molecule has 0 saturated heterocycles. The molecule has 0 fully saturated rings. The third-order valence-corrected chi connectivity index (χ3v) is 13.2. The average Bonchev–Trinajstić information content (AvgIpc) is 3.41. The van der Waals surface area contributed by atoms with Crippen LogP contribution in [0.3, 0.4) is 0 Å². The van der Waals surface area contributed by atoms with E-state index >= 15 is 0 Å². The molecule has 12 aromatic carbocycles. The lowest BCUT2D eigenvalue weighted by atomic mass is 9.91. The van der Waals surface area contributed by atoms with Crippen LogP contribution < -0.4 is 4.90 Å². The second kappa shape index (κ2) is 17.3. The monoisotopic (exact) mass is 851 g/mol. The quantitative estimate of drug-likeness (QED) is 0.131. The van der Waals surface area contributed by atoms with Gasteiger partial charge in [-0.2, -0.15) is 0 Å². The summed E-state index contributed by atoms with van der Waals surface area (Å²) in [6.45, 7) is 0. The van der Waals surface area contributed by atoms with Crippen molar-refractivity contribution < 1.29 is 0 Å². The van der Waals surface area contributed by atoms with Gasteiger partial charge in [-0.05, 0) is 148 Å². The lowest BCUT2D eigenvalue weighted by molar-refractivity contribution is 1.28. The summed E-state index contributed by atoms with van der Waals surface area (Å²) in [6, 6.07) is 99.6. The first-order valence-corrected chi connectivity index (χ1v) is 23.1.